The Morgan fingerprint density at radius 1 is 1.26 bits per heavy atom. The number of hydrogen-bond acceptors (Lipinski definition) is 4. The molecule has 1 aliphatic rings. The summed E-state index contributed by atoms with van der Waals surface area (Å²) in [5.41, 5.74) is 2.99. The number of nitrogens with two attached hydrogens (primary N) is 1. The van der Waals surface area contributed by atoms with Crippen molar-refractivity contribution in [3.8, 4) is 0 Å². The fraction of sp³-hybridized carbons (Fsp3) is 0.350. The lowest BCUT2D eigenvalue weighted by Gasteiger charge is -2.21. The minimum absolute atomic E-state index is 0.153. The Morgan fingerprint density at radius 2 is 1.87 bits per heavy atom. The van der Waals surface area contributed by atoms with E-state index in [2.05, 4.69) is 29.2 Å². The quantitative estimate of drug-likeness (QED) is 0.480. The summed E-state index contributed by atoms with van der Waals surface area (Å²) in [7, 11) is 3.22. The Morgan fingerprint density at radius 3 is 2.32 bits per heavy atom. The summed E-state index contributed by atoms with van der Waals surface area (Å²) < 4.78 is 86.9. The second-order valence-corrected chi connectivity index (χ2v) is 6.59. The van der Waals surface area contributed by atoms with Crippen molar-refractivity contribution in [2.75, 3.05) is 26.0 Å². The minimum Gasteiger partial charge on any atom is -0.395 e. The van der Waals surface area contributed by atoms with Crippen LogP contribution in [0.1, 0.15) is 12.0 Å². The lowest BCUT2D eigenvalue weighted by Crippen LogP contribution is -2.19. The van der Waals surface area contributed by atoms with Crippen molar-refractivity contribution >= 4 is 11.9 Å². The van der Waals surface area contributed by atoms with Gasteiger partial charge < -0.3 is 16.0 Å². The zero-order valence-electron chi connectivity index (χ0n) is 16.9. The first kappa shape index (κ1) is 26.1. The molecule has 0 aromatic heterocycles. The van der Waals surface area contributed by atoms with Crippen LogP contribution in [0, 0.1) is 11.7 Å². The maximum absolute atomic E-state index is 13.5. The van der Waals surface area contributed by atoms with E-state index >= 15 is 0 Å². The smallest absolute Gasteiger partial charge is 0.395 e. The number of rotatable bonds is 4. The van der Waals surface area contributed by atoms with Crippen molar-refractivity contribution in [2.45, 2.75) is 18.8 Å². The number of nitrogens with one attached hydrogen (secondary N) is 1. The molecular formula is C20H23F7N4. The van der Waals surface area contributed by atoms with Gasteiger partial charge in [-0.15, -0.1) is 0 Å². The molecule has 4 nitrogen and oxygen atoms in total. The molecule has 0 amide bonds. The Bertz CT molecular complexity index is 854. The highest BCUT2D eigenvalue weighted by atomic mass is 19.4. The molecule has 1 atom stereocenters. The number of hydrogen-bond donors (Lipinski definition) is 2. The highest BCUT2D eigenvalue weighted by molar-refractivity contribution is 5.72. The zero-order valence-corrected chi connectivity index (χ0v) is 16.9. The number of alkyl halides is 6. The molecule has 1 unspecified atom stereocenters. The van der Waals surface area contributed by atoms with Crippen molar-refractivity contribution in [2.24, 2.45) is 16.6 Å². The molecular weight excluding hydrogens is 429 g/mol. The molecule has 0 bridgehead atoms. The van der Waals surface area contributed by atoms with Gasteiger partial charge in [-0.3, -0.25) is 4.99 Å². The number of allylic oxidation sites excluding steroid dienone is 2. The number of aliphatic imine (C=N–C) groups is 1. The number of benzene rings is 1. The molecule has 0 radical (unpaired) electrons. The summed E-state index contributed by atoms with van der Waals surface area (Å²) in [6, 6.07) is 3.22. The molecule has 1 saturated heterocycles. The van der Waals surface area contributed by atoms with Crippen molar-refractivity contribution in [1.82, 2.24) is 4.90 Å². The minimum atomic E-state index is -4.77. The molecule has 172 valence electrons. The highest BCUT2D eigenvalue weighted by Gasteiger charge is 2.37. The van der Waals surface area contributed by atoms with Crippen LogP contribution >= 0.6 is 0 Å². The van der Waals surface area contributed by atoms with Crippen LogP contribution in [0.3, 0.4) is 0 Å². The Hall–Kier alpha value is -2.98. The van der Waals surface area contributed by atoms with E-state index in [-0.39, 0.29) is 11.6 Å². The summed E-state index contributed by atoms with van der Waals surface area (Å²) in [6.45, 7) is 8.44. The van der Waals surface area contributed by atoms with E-state index < -0.39 is 29.4 Å². The number of nitrogens with zero attached hydrogens (tertiary/aromatic N) is 2. The van der Waals surface area contributed by atoms with Crippen LogP contribution in [-0.4, -0.2) is 37.9 Å². The third kappa shape index (κ3) is 7.34. The molecule has 0 saturated carbocycles. The van der Waals surface area contributed by atoms with Crippen molar-refractivity contribution in [3.63, 3.8) is 0 Å². The molecule has 31 heavy (non-hydrogen) atoms. The summed E-state index contributed by atoms with van der Waals surface area (Å²) in [5.74, 6) is -1.46. The van der Waals surface area contributed by atoms with E-state index in [0.29, 0.717) is 11.8 Å². The summed E-state index contributed by atoms with van der Waals surface area (Å²) in [5, 5.41) is 2.61. The van der Waals surface area contributed by atoms with Gasteiger partial charge in [0.15, 0.2) is 0 Å². The summed E-state index contributed by atoms with van der Waals surface area (Å²) in [4.78, 5) is 5.23. The van der Waals surface area contributed by atoms with E-state index in [1.54, 1.807) is 0 Å². The molecule has 0 spiro atoms. The van der Waals surface area contributed by atoms with Crippen LogP contribution in [0.2, 0.25) is 0 Å². The zero-order chi connectivity index (χ0) is 24.0. The van der Waals surface area contributed by atoms with Gasteiger partial charge in [0, 0.05) is 44.2 Å². The molecule has 3 N–H and O–H groups in total. The third-order valence-corrected chi connectivity index (χ3v) is 4.39. The Labute approximate surface area is 175 Å². The van der Waals surface area contributed by atoms with Gasteiger partial charge in [0.1, 0.15) is 17.1 Å². The fourth-order valence-corrected chi connectivity index (χ4v) is 2.70. The van der Waals surface area contributed by atoms with Crippen LogP contribution in [-0.2, 0) is 6.18 Å². The van der Waals surface area contributed by atoms with Crippen LogP contribution in [0.4, 0.5) is 36.4 Å². The van der Waals surface area contributed by atoms with Crippen LogP contribution in [0.15, 0.2) is 59.5 Å². The van der Waals surface area contributed by atoms with Crippen molar-refractivity contribution < 1.29 is 30.7 Å². The van der Waals surface area contributed by atoms with Crippen molar-refractivity contribution in [3.05, 3.63) is 65.9 Å². The normalized spacial score (nSPS) is 17.6. The Kier molecular flexibility index (Phi) is 8.71. The van der Waals surface area contributed by atoms with Gasteiger partial charge >= 0.3 is 12.4 Å². The molecule has 1 fully saturated rings. The molecule has 0 aliphatic carbocycles. The van der Waals surface area contributed by atoms with E-state index in [1.165, 1.54) is 19.2 Å². The maximum Gasteiger partial charge on any atom is 0.430 e. The lowest BCUT2D eigenvalue weighted by atomic mass is 10.0. The molecule has 11 heteroatoms. The molecule has 1 heterocycles. The molecule has 1 aromatic rings. The first-order chi connectivity index (χ1) is 14.2. The highest BCUT2D eigenvalue weighted by Crippen LogP contribution is 2.39. The van der Waals surface area contributed by atoms with Gasteiger partial charge in [-0.1, -0.05) is 19.2 Å². The topological polar surface area (TPSA) is 53.6 Å². The van der Waals surface area contributed by atoms with E-state index in [9.17, 15) is 30.7 Å². The first-order valence-electron chi connectivity index (χ1n) is 8.86. The molecule has 2 rings (SSSR count). The predicted octanol–water partition coefficient (Wildman–Crippen LogP) is 5.33. The van der Waals surface area contributed by atoms with Gasteiger partial charge in [-0.25, -0.2) is 4.39 Å². The fourth-order valence-electron chi connectivity index (χ4n) is 2.70. The maximum atomic E-state index is 13.5. The second-order valence-electron chi connectivity index (χ2n) is 6.59. The lowest BCUT2D eigenvalue weighted by molar-refractivity contribution is -0.139. The van der Waals surface area contributed by atoms with Crippen LogP contribution < -0.4 is 11.1 Å². The number of halogens is 7. The number of anilines is 1. The monoisotopic (exact) mass is 452 g/mol. The largest absolute Gasteiger partial charge is 0.430 e. The van der Waals surface area contributed by atoms with E-state index in [0.717, 1.165) is 30.9 Å². The van der Waals surface area contributed by atoms with Crippen LogP contribution in [0.5, 0.6) is 0 Å². The van der Waals surface area contributed by atoms with Gasteiger partial charge in [-0.05, 0) is 24.6 Å². The van der Waals surface area contributed by atoms with Gasteiger partial charge in [0.05, 0.1) is 5.69 Å². The summed E-state index contributed by atoms with van der Waals surface area (Å²) in [6.07, 6.45) is -6.79. The second kappa shape index (κ2) is 10.4. The standard InChI is InChI=1S/C15H16F4N2.C5H7F3N2/c1-9(11-7-8-21(3)10(11)2)20-13-6-4-5-12(16)14(13)15(17,18)19;1-10-3-2-4(9)5(6,7)8/h4-6,11,20H,1-2,7-8H2,3H3;2-3H,9H2,1H3/b;4-2-,10-3?. The van der Waals surface area contributed by atoms with Gasteiger partial charge in [0.2, 0.25) is 0 Å². The molecule has 1 aliphatic heterocycles. The SMILES string of the molecule is C=C(Nc1cccc(F)c1C(F)(F)F)C1CCN(C)C1=C.CN=C/C=C(\N)C(F)(F)F. The molecule has 1 aromatic carbocycles. The average Bonchev–Trinajstić information content (AvgIpc) is 2.97. The van der Waals surface area contributed by atoms with Crippen LogP contribution in [0.25, 0.3) is 0 Å². The summed E-state index contributed by atoms with van der Waals surface area (Å²) >= 11 is 0. The Balaban J connectivity index is 0.000000407. The van der Waals surface area contributed by atoms with Crippen molar-refractivity contribution in [1.29, 1.82) is 0 Å². The third-order valence-electron chi connectivity index (χ3n) is 4.39. The van der Waals surface area contributed by atoms with Gasteiger partial charge in [0.25, 0.3) is 0 Å². The van der Waals surface area contributed by atoms with E-state index in [4.69, 9.17) is 0 Å². The van der Waals surface area contributed by atoms with Gasteiger partial charge in [-0.2, -0.15) is 26.3 Å². The predicted molar refractivity (Wildman–Crippen MR) is 107 cm³/mol. The van der Waals surface area contributed by atoms with E-state index in [1.807, 2.05) is 11.9 Å². The average molecular weight is 452 g/mol. The first-order valence-corrected chi connectivity index (χ1v) is 8.86. The number of likely N-dealkylation sites (tertiary alicyclic amines) is 1.